The van der Waals surface area contributed by atoms with Crippen LogP contribution in [0.15, 0.2) is 18.2 Å². The molecule has 4 heteroatoms. The number of nitrogens with zero attached hydrogens (tertiary/aromatic N) is 1. The van der Waals surface area contributed by atoms with Crippen LogP contribution >= 0.6 is 0 Å². The van der Waals surface area contributed by atoms with Crippen LogP contribution in [0.25, 0.3) is 0 Å². The molecule has 0 aliphatic carbocycles. The molecule has 1 saturated heterocycles. The maximum Gasteiger partial charge on any atom is 0.142 e. The van der Waals surface area contributed by atoms with Gasteiger partial charge in [0.25, 0.3) is 0 Å². The summed E-state index contributed by atoms with van der Waals surface area (Å²) in [7, 11) is 1.71. The van der Waals surface area contributed by atoms with Gasteiger partial charge in [0, 0.05) is 32.2 Å². The van der Waals surface area contributed by atoms with Gasteiger partial charge in [-0.1, -0.05) is 26.7 Å². The van der Waals surface area contributed by atoms with Crippen molar-refractivity contribution in [1.82, 2.24) is 5.32 Å². The lowest BCUT2D eigenvalue weighted by Crippen LogP contribution is -2.43. The van der Waals surface area contributed by atoms with Crippen molar-refractivity contribution in [2.24, 2.45) is 5.92 Å². The third-order valence-corrected chi connectivity index (χ3v) is 4.25. The first-order chi connectivity index (χ1) is 10.3. The van der Waals surface area contributed by atoms with Gasteiger partial charge in [-0.2, -0.15) is 0 Å². The second kappa shape index (κ2) is 8.13. The fourth-order valence-corrected chi connectivity index (χ4v) is 2.63. The van der Waals surface area contributed by atoms with E-state index in [2.05, 4.69) is 30.1 Å². The Bertz CT molecular complexity index is 427. The van der Waals surface area contributed by atoms with Crippen LogP contribution in [0.1, 0.15) is 26.7 Å². The van der Waals surface area contributed by atoms with E-state index >= 15 is 0 Å². The van der Waals surface area contributed by atoms with Crippen LogP contribution in [0.4, 0.5) is 5.69 Å². The van der Waals surface area contributed by atoms with Gasteiger partial charge in [-0.3, -0.25) is 0 Å². The summed E-state index contributed by atoms with van der Waals surface area (Å²) in [5.41, 5.74) is 1.15. The van der Waals surface area contributed by atoms with Gasteiger partial charge in [0.1, 0.15) is 11.5 Å². The molecular formula is C17H28N2O2. The Morgan fingerprint density at radius 2 is 1.90 bits per heavy atom. The molecule has 0 spiro atoms. The second-order valence-corrected chi connectivity index (χ2v) is 5.56. The van der Waals surface area contributed by atoms with Crippen LogP contribution in [-0.2, 0) is 0 Å². The zero-order chi connectivity index (χ0) is 15.1. The fourth-order valence-electron chi connectivity index (χ4n) is 2.63. The monoisotopic (exact) mass is 292 g/mol. The Hall–Kier alpha value is -1.42. The highest BCUT2D eigenvalue weighted by Gasteiger charge is 2.17. The molecular weight excluding hydrogens is 264 g/mol. The molecule has 21 heavy (non-hydrogen) atoms. The van der Waals surface area contributed by atoms with Crippen molar-refractivity contribution in [3.63, 3.8) is 0 Å². The van der Waals surface area contributed by atoms with Crippen molar-refractivity contribution in [2.75, 3.05) is 44.8 Å². The molecule has 4 nitrogen and oxygen atoms in total. The molecule has 1 aromatic carbocycles. The molecule has 0 bridgehead atoms. The predicted molar refractivity (Wildman–Crippen MR) is 87.6 cm³/mol. The van der Waals surface area contributed by atoms with E-state index in [0.29, 0.717) is 5.92 Å². The SMILES string of the molecule is CCC(CC)COc1ccc(OC)cc1N1CCNCC1. The van der Waals surface area contributed by atoms with E-state index in [-0.39, 0.29) is 0 Å². The fraction of sp³-hybridized carbons (Fsp3) is 0.647. The lowest BCUT2D eigenvalue weighted by molar-refractivity contribution is 0.240. The Balaban J connectivity index is 2.14. The van der Waals surface area contributed by atoms with Gasteiger partial charge in [-0.15, -0.1) is 0 Å². The molecule has 0 aromatic heterocycles. The second-order valence-electron chi connectivity index (χ2n) is 5.56. The van der Waals surface area contributed by atoms with E-state index < -0.39 is 0 Å². The maximum atomic E-state index is 6.12. The summed E-state index contributed by atoms with van der Waals surface area (Å²) in [6, 6.07) is 6.11. The third kappa shape index (κ3) is 4.27. The number of methoxy groups -OCH3 is 1. The highest BCUT2D eigenvalue weighted by atomic mass is 16.5. The summed E-state index contributed by atoms with van der Waals surface area (Å²) in [5, 5.41) is 3.39. The summed E-state index contributed by atoms with van der Waals surface area (Å²) in [6.45, 7) is 9.29. The summed E-state index contributed by atoms with van der Waals surface area (Å²) in [5.74, 6) is 2.49. The standard InChI is InChI=1S/C17H28N2O2/c1-4-14(5-2)13-21-17-7-6-15(20-3)12-16(17)19-10-8-18-9-11-19/h6-7,12,14,18H,4-5,8-11,13H2,1-3H3. The minimum Gasteiger partial charge on any atom is -0.497 e. The minimum absolute atomic E-state index is 0.628. The van der Waals surface area contributed by atoms with Gasteiger partial charge in [0.05, 0.1) is 19.4 Å². The highest BCUT2D eigenvalue weighted by molar-refractivity contribution is 5.62. The van der Waals surface area contributed by atoms with Crippen molar-refractivity contribution in [3.05, 3.63) is 18.2 Å². The molecule has 1 N–H and O–H groups in total. The molecule has 0 unspecified atom stereocenters. The Morgan fingerprint density at radius 3 is 2.52 bits per heavy atom. The largest absolute Gasteiger partial charge is 0.497 e. The molecule has 1 aliphatic heterocycles. The van der Waals surface area contributed by atoms with E-state index in [1.54, 1.807) is 7.11 Å². The van der Waals surface area contributed by atoms with E-state index in [0.717, 1.165) is 62.8 Å². The quantitative estimate of drug-likeness (QED) is 0.838. The zero-order valence-electron chi connectivity index (χ0n) is 13.5. The number of hydrogen-bond donors (Lipinski definition) is 1. The van der Waals surface area contributed by atoms with Gasteiger partial charge < -0.3 is 19.7 Å². The number of anilines is 1. The molecule has 1 aliphatic rings. The van der Waals surface area contributed by atoms with Gasteiger partial charge in [0.2, 0.25) is 0 Å². The first-order valence-corrected chi connectivity index (χ1v) is 8.05. The number of piperazine rings is 1. The van der Waals surface area contributed by atoms with Gasteiger partial charge >= 0.3 is 0 Å². The first-order valence-electron chi connectivity index (χ1n) is 8.05. The number of benzene rings is 1. The van der Waals surface area contributed by atoms with Crippen molar-refractivity contribution in [2.45, 2.75) is 26.7 Å². The van der Waals surface area contributed by atoms with Crippen LogP contribution in [-0.4, -0.2) is 39.9 Å². The summed E-state index contributed by atoms with van der Waals surface area (Å²) >= 11 is 0. The number of ether oxygens (including phenoxy) is 2. The van der Waals surface area contributed by atoms with Crippen molar-refractivity contribution >= 4 is 5.69 Å². The summed E-state index contributed by atoms with van der Waals surface area (Å²) in [4.78, 5) is 2.38. The third-order valence-electron chi connectivity index (χ3n) is 4.25. The predicted octanol–water partition coefficient (Wildman–Crippen LogP) is 2.92. The van der Waals surface area contributed by atoms with Gasteiger partial charge in [-0.05, 0) is 18.1 Å². The van der Waals surface area contributed by atoms with Crippen LogP contribution < -0.4 is 19.7 Å². The molecule has 0 saturated carbocycles. The average Bonchev–Trinajstić information content (AvgIpc) is 2.56. The number of nitrogens with one attached hydrogen (secondary N) is 1. The average molecular weight is 292 g/mol. The van der Waals surface area contributed by atoms with Crippen molar-refractivity contribution in [1.29, 1.82) is 0 Å². The van der Waals surface area contributed by atoms with Crippen molar-refractivity contribution in [3.8, 4) is 11.5 Å². The molecule has 0 amide bonds. The molecule has 2 rings (SSSR count). The Labute approximate surface area is 128 Å². The molecule has 118 valence electrons. The molecule has 0 atom stereocenters. The normalized spacial score (nSPS) is 15.3. The van der Waals surface area contributed by atoms with Gasteiger partial charge in [-0.25, -0.2) is 0 Å². The first kappa shape index (κ1) is 16.0. The number of hydrogen-bond acceptors (Lipinski definition) is 4. The molecule has 1 aromatic rings. The van der Waals surface area contributed by atoms with Crippen LogP contribution in [0, 0.1) is 5.92 Å². The van der Waals surface area contributed by atoms with E-state index in [4.69, 9.17) is 9.47 Å². The van der Waals surface area contributed by atoms with Crippen LogP contribution in [0.3, 0.4) is 0 Å². The van der Waals surface area contributed by atoms with Crippen molar-refractivity contribution < 1.29 is 9.47 Å². The molecule has 1 fully saturated rings. The Kier molecular flexibility index (Phi) is 6.18. The van der Waals surface area contributed by atoms with E-state index in [9.17, 15) is 0 Å². The smallest absolute Gasteiger partial charge is 0.142 e. The van der Waals surface area contributed by atoms with E-state index in [1.165, 1.54) is 0 Å². The summed E-state index contributed by atoms with van der Waals surface area (Å²) < 4.78 is 11.5. The zero-order valence-corrected chi connectivity index (χ0v) is 13.5. The maximum absolute atomic E-state index is 6.12. The van der Waals surface area contributed by atoms with Gasteiger partial charge in [0.15, 0.2) is 0 Å². The highest BCUT2D eigenvalue weighted by Crippen LogP contribution is 2.33. The number of rotatable bonds is 7. The topological polar surface area (TPSA) is 33.7 Å². The van der Waals surface area contributed by atoms with Crippen LogP contribution in [0.5, 0.6) is 11.5 Å². The molecule has 1 heterocycles. The molecule has 0 radical (unpaired) electrons. The lowest BCUT2D eigenvalue weighted by Gasteiger charge is -2.31. The van der Waals surface area contributed by atoms with Crippen LogP contribution in [0.2, 0.25) is 0 Å². The summed E-state index contributed by atoms with van der Waals surface area (Å²) in [6.07, 6.45) is 2.32. The van der Waals surface area contributed by atoms with E-state index in [1.807, 2.05) is 12.1 Å². The minimum atomic E-state index is 0.628. The lowest BCUT2D eigenvalue weighted by atomic mass is 10.1. The Morgan fingerprint density at radius 1 is 1.19 bits per heavy atom.